The van der Waals surface area contributed by atoms with Gasteiger partial charge < -0.3 is 0 Å². The minimum Gasteiger partial charge on any atom is -0.239 e. The molecule has 3 heteroatoms. The van der Waals surface area contributed by atoms with Crippen LogP contribution in [0.1, 0.15) is 51.7 Å². The summed E-state index contributed by atoms with van der Waals surface area (Å²) in [5.41, 5.74) is 7.29. The number of nitrogens with zero attached hydrogens (tertiary/aromatic N) is 3. The lowest BCUT2D eigenvalue weighted by Gasteiger charge is -2.29. The van der Waals surface area contributed by atoms with Crippen LogP contribution >= 0.6 is 0 Å². The third-order valence-electron chi connectivity index (χ3n) is 5.44. The van der Waals surface area contributed by atoms with Crippen molar-refractivity contribution in [3.63, 3.8) is 0 Å². The maximum absolute atomic E-state index is 4.67. The molecule has 134 valence electrons. The van der Waals surface area contributed by atoms with E-state index in [9.17, 15) is 0 Å². The summed E-state index contributed by atoms with van der Waals surface area (Å²) < 4.78 is 2.09. The van der Waals surface area contributed by atoms with E-state index < -0.39 is 0 Å². The van der Waals surface area contributed by atoms with Gasteiger partial charge in [-0.15, -0.1) is 5.10 Å². The molecule has 0 amide bonds. The molecule has 0 spiro atoms. The summed E-state index contributed by atoms with van der Waals surface area (Å²) >= 11 is 0. The molecule has 1 aliphatic carbocycles. The summed E-state index contributed by atoms with van der Waals surface area (Å²) in [7, 11) is 0. The second-order valence-corrected chi connectivity index (χ2v) is 8.67. The van der Waals surface area contributed by atoms with Gasteiger partial charge in [-0.05, 0) is 50.2 Å². The molecule has 0 radical (unpaired) electrons. The van der Waals surface area contributed by atoms with Crippen LogP contribution in [0.3, 0.4) is 0 Å². The lowest BCUT2D eigenvalue weighted by atomic mass is 9.77. The fourth-order valence-corrected chi connectivity index (χ4v) is 4.08. The van der Waals surface area contributed by atoms with Crippen molar-refractivity contribution >= 4 is 0 Å². The van der Waals surface area contributed by atoms with Gasteiger partial charge in [0.1, 0.15) is 5.69 Å². The van der Waals surface area contributed by atoms with E-state index in [4.69, 9.17) is 0 Å². The van der Waals surface area contributed by atoms with Crippen LogP contribution in [-0.4, -0.2) is 15.0 Å². The van der Waals surface area contributed by atoms with E-state index in [2.05, 4.69) is 98.1 Å². The molecule has 0 aliphatic heterocycles. The number of benzene rings is 2. The number of aromatic nitrogens is 3. The molecule has 0 fully saturated rings. The van der Waals surface area contributed by atoms with Gasteiger partial charge in [0.2, 0.25) is 0 Å². The van der Waals surface area contributed by atoms with Crippen LogP contribution in [0.4, 0.5) is 0 Å². The van der Waals surface area contributed by atoms with Crippen molar-refractivity contribution in [3.05, 3.63) is 59.7 Å². The molecule has 0 bridgehead atoms. The second kappa shape index (κ2) is 6.08. The summed E-state index contributed by atoms with van der Waals surface area (Å²) in [5.74, 6) is 1.03. The molecule has 3 aromatic rings. The normalized spacial score (nSPS) is 16.5. The van der Waals surface area contributed by atoms with Gasteiger partial charge in [-0.3, -0.25) is 0 Å². The first-order valence-corrected chi connectivity index (χ1v) is 9.51. The first kappa shape index (κ1) is 17.0. The van der Waals surface area contributed by atoms with E-state index in [0.29, 0.717) is 11.8 Å². The number of rotatable bonds is 1. The van der Waals surface area contributed by atoms with E-state index >= 15 is 0 Å². The zero-order valence-corrected chi connectivity index (χ0v) is 16.3. The Morgan fingerprint density at radius 2 is 1.62 bits per heavy atom. The van der Waals surface area contributed by atoms with Crippen LogP contribution in [-0.2, 0) is 12.0 Å². The number of hydrogen-bond acceptors (Lipinski definition) is 2. The van der Waals surface area contributed by atoms with Gasteiger partial charge in [0.15, 0.2) is 0 Å². The Balaban J connectivity index is 2.10. The zero-order chi connectivity index (χ0) is 18.5. The van der Waals surface area contributed by atoms with Gasteiger partial charge in [0.25, 0.3) is 0 Å². The monoisotopic (exact) mass is 345 g/mol. The smallest absolute Gasteiger partial charge is 0.121 e. The van der Waals surface area contributed by atoms with E-state index in [0.717, 1.165) is 17.8 Å². The van der Waals surface area contributed by atoms with Crippen molar-refractivity contribution in [2.45, 2.75) is 52.5 Å². The largest absolute Gasteiger partial charge is 0.239 e. The molecule has 26 heavy (non-hydrogen) atoms. The topological polar surface area (TPSA) is 30.7 Å². The Labute approximate surface area is 156 Å². The molecule has 2 aromatic carbocycles. The predicted molar refractivity (Wildman–Crippen MR) is 107 cm³/mol. The molecule has 1 atom stereocenters. The fourth-order valence-electron chi connectivity index (χ4n) is 4.08. The maximum Gasteiger partial charge on any atom is 0.121 e. The third-order valence-corrected chi connectivity index (χ3v) is 5.44. The summed E-state index contributed by atoms with van der Waals surface area (Å²) in [6.07, 6.45) is 1.04. The van der Waals surface area contributed by atoms with Gasteiger partial charge in [-0.2, -0.15) is 0 Å². The van der Waals surface area contributed by atoms with E-state index in [-0.39, 0.29) is 5.54 Å². The molecule has 0 saturated heterocycles. The van der Waals surface area contributed by atoms with E-state index in [1.54, 1.807) is 0 Å². The highest BCUT2D eigenvalue weighted by atomic mass is 15.5. The Hall–Kier alpha value is -2.42. The van der Waals surface area contributed by atoms with Gasteiger partial charge >= 0.3 is 0 Å². The average Bonchev–Trinajstić information content (AvgIpc) is 3.03. The Morgan fingerprint density at radius 1 is 0.962 bits per heavy atom. The summed E-state index contributed by atoms with van der Waals surface area (Å²) in [4.78, 5) is 0. The first-order valence-electron chi connectivity index (χ1n) is 9.51. The molecule has 1 aliphatic rings. The lowest BCUT2D eigenvalue weighted by molar-refractivity contribution is 0.351. The van der Waals surface area contributed by atoms with Crippen molar-refractivity contribution in [2.24, 2.45) is 5.92 Å². The van der Waals surface area contributed by atoms with Crippen molar-refractivity contribution in [3.8, 4) is 22.5 Å². The predicted octanol–water partition coefficient (Wildman–Crippen LogP) is 5.66. The average molecular weight is 345 g/mol. The third kappa shape index (κ3) is 2.66. The molecule has 1 heterocycles. The van der Waals surface area contributed by atoms with Crippen molar-refractivity contribution in [1.29, 1.82) is 0 Å². The summed E-state index contributed by atoms with van der Waals surface area (Å²) in [5, 5.41) is 9.26. The van der Waals surface area contributed by atoms with Crippen LogP contribution in [0.2, 0.25) is 0 Å². The summed E-state index contributed by atoms with van der Waals surface area (Å²) in [6, 6.07) is 17.5. The molecular weight excluding hydrogens is 318 g/mol. The molecule has 1 unspecified atom stereocenters. The van der Waals surface area contributed by atoms with E-state index in [1.807, 2.05) is 0 Å². The van der Waals surface area contributed by atoms with Crippen LogP contribution in [0, 0.1) is 5.92 Å². The zero-order valence-electron chi connectivity index (χ0n) is 16.3. The number of hydrogen-bond donors (Lipinski definition) is 0. The standard InChI is InChI=1S/C23H27N3/c1-15(2)20-14-16-10-6-7-11-17(16)22-21(19-13-9-8-12-18(19)20)24-25-26(22)23(3,4)5/h6-13,15,20H,14H2,1-5H3. The number of fused-ring (bicyclic) bond motifs is 5. The van der Waals surface area contributed by atoms with Gasteiger partial charge in [-0.25, -0.2) is 4.68 Å². The van der Waals surface area contributed by atoms with Crippen molar-refractivity contribution < 1.29 is 0 Å². The van der Waals surface area contributed by atoms with Crippen LogP contribution < -0.4 is 0 Å². The van der Waals surface area contributed by atoms with Gasteiger partial charge in [-0.1, -0.05) is 67.6 Å². The molecule has 4 rings (SSSR count). The molecule has 0 saturated carbocycles. The van der Waals surface area contributed by atoms with Crippen LogP contribution in [0.15, 0.2) is 48.5 Å². The Bertz CT molecular complexity index is 944. The first-order chi connectivity index (χ1) is 12.4. The lowest BCUT2D eigenvalue weighted by Crippen LogP contribution is -2.25. The van der Waals surface area contributed by atoms with Crippen LogP contribution in [0.5, 0.6) is 0 Å². The molecule has 0 N–H and O–H groups in total. The van der Waals surface area contributed by atoms with E-state index in [1.165, 1.54) is 22.3 Å². The highest BCUT2D eigenvalue weighted by Gasteiger charge is 2.31. The quantitative estimate of drug-likeness (QED) is 0.569. The van der Waals surface area contributed by atoms with Crippen LogP contribution in [0.25, 0.3) is 22.5 Å². The highest BCUT2D eigenvalue weighted by Crippen LogP contribution is 2.44. The highest BCUT2D eigenvalue weighted by molar-refractivity contribution is 5.82. The summed E-state index contributed by atoms with van der Waals surface area (Å²) in [6.45, 7) is 11.2. The van der Waals surface area contributed by atoms with Crippen molar-refractivity contribution in [2.75, 3.05) is 0 Å². The molecule has 1 aromatic heterocycles. The van der Waals surface area contributed by atoms with Gasteiger partial charge in [0, 0.05) is 11.1 Å². The Kier molecular flexibility index (Phi) is 3.98. The Morgan fingerprint density at radius 3 is 2.31 bits per heavy atom. The minimum atomic E-state index is -0.126. The van der Waals surface area contributed by atoms with Crippen molar-refractivity contribution in [1.82, 2.24) is 15.0 Å². The fraction of sp³-hybridized carbons (Fsp3) is 0.391. The molecule has 3 nitrogen and oxygen atoms in total. The van der Waals surface area contributed by atoms with Gasteiger partial charge in [0.05, 0.1) is 11.2 Å². The molecular formula is C23H27N3. The minimum absolute atomic E-state index is 0.126. The SMILES string of the molecule is CC(C)C1Cc2ccccc2-c2c(nnn2C(C)(C)C)-c2ccccc21. The second-order valence-electron chi connectivity index (χ2n) is 8.67. The maximum atomic E-state index is 4.67.